The lowest BCUT2D eigenvalue weighted by atomic mass is 9.85. The summed E-state index contributed by atoms with van der Waals surface area (Å²) in [6.07, 6.45) is 6.11. The highest BCUT2D eigenvalue weighted by Crippen LogP contribution is 2.30. The van der Waals surface area contributed by atoms with Crippen molar-refractivity contribution in [3.8, 4) is 21.7 Å². The number of piperazine rings is 1. The molecule has 6 aromatic rings. The first kappa shape index (κ1) is 46.3. The molecule has 3 amide bonds. The number of carbonyl (C=O) groups is 3. The van der Waals surface area contributed by atoms with Crippen LogP contribution in [-0.4, -0.2) is 128 Å². The molecule has 17 nitrogen and oxygen atoms in total. The van der Waals surface area contributed by atoms with Crippen LogP contribution in [0.3, 0.4) is 0 Å². The van der Waals surface area contributed by atoms with Crippen LogP contribution in [0.25, 0.3) is 27.3 Å². The number of nitrogens with one attached hydrogen (secondary N) is 3. The topological polar surface area (TPSA) is 196 Å². The van der Waals surface area contributed by atoms with Crippen LogP contribution >= 0.6 is 11.3 Å². The van der Waals surface area contributed by atoms with Crippen molar-refractivity contribution >= 4 is 46.2 Å². The highest BCUT2D eigenvalue weighted by atomic mass is 32.1. The number of rotatable bonds is 18. The summed E-state index contributed by atoms with van der Waals surface area (Å²) in [6.45, 7) is 13.3. The molecule has 2 aromatic carbocycles. The van der Waals surface area contributed by atoms with Crippen LogP contribution in [0, 0.1) is 12.3 Å². The first-order valence-corrected chi connectivity index (χ1v) is 23.4. The zero-order valence-corrected chi connectivity index (χ0v) is 38.8. The van der Waals surface area contributed by atoms with Crippen LogP contribution in [0.15, 0.2) is 89.4 Å². The Morgan fingerprint density at radius 2 is 1.74 bits per heavy atom. The number of unbranched alkanes of at least 4 members (excludes halogenated alkanes) is 1. The molecule has 18 heteroatoms. The number of furan rings is 1. The first-order valence-electron chi connectivity index (χ1n) is 22.6. The van der Waals surface area contributed by atoms with Gasteiger partial charge in [-0.25, -0.2) is 9.97 Å². The van der Waals surface area contributed by atoms with E-state index >= 15 is 0 Å². The van der Waals surface area contributed by atoms with Gasteiger partial charge in [0, 0.05) is 63.5 Å². The number of benzene rings is 2. The third-order valence-corrected chi connectivity index (χ3v) is 13.2. The number of β-amino-alcohol motifs (C(OH)–C–C–N with tert-alkyl or cyclic N) is 1. The maximum absolute atomic E-state index is 14.0. The number of aliphatic hydroxyl groups excluding tert-OH is 1. The van der Waals surface area contributed by atoms with Crippen molar-refractivity contribution in [3.05, 3.63) is 102 Å². The Morgan fingerprint density at radius 3 is 2.45 bits per heavy atom. The monoisotopic (exact) mass is 917 g/mol. The molecule has 0 unspecified atom stereocenters. The molecule has 2 aliphatic heterocycles. The van der Waals surface area contributed by atoms with E-state index in [0.717, 1.165) is 95.8 Å². The molecule has 0 spiro atoms. The van der Waals surface area contributed by atoms with Crippen LogP contribution in [0.1, 0.15) is 57.1 Å². The summed E-state index contributed by atoms with van der Waals surface area (Å²) in [4.78, 5) is 57.0. The summed E-state index contributed by atoms with van der Waals surface area (Å²) in [5.41, 5.74) is 7.65. The zero-order valence-electron chi connectivity index (χ0n) is 38.0. The molecule has 348 valence electrons. The number of carbonyl (C=O) groups excluding carboxylic acids is 3. The van der Waals surface area contributed by atoms with Crippen molar-refractivity contribution in [2.45, 2.75) is 78.2 Å². The molecule has 0 radical (unpaired) electrons. The fourth-order valence-electron chi connectivity index (χ4n) is 8.49. The Bertz CT molecular complexity index is 2550. The van der Waals surface area contributed by atoms with Crippen LogP contribution in [-0.2, 0) is 32.2 Å². The Kier molecular flexibility index (Phi) is 14.7. The predicted molar refractivity (Wildman–Crippen MR) is 253 cm³/mol. The number of hydrogen-bond donors (Lipinski definition) is 4. The summed E-state index contributed by atoms with van der Waals surface area (Å²) in [5.74, 6) is 0.441. The molecule has 2 saturated heterocycles. The molecule has 2 fully saturated rings. The van der Waals surface area contributed by atoms with E-state index in [9.17, 15) is 19.5 Å². The summed E-state index contributed by atoms with van der Waals surface area (Å²) >= 11 is 1.58. The Morgan fingerprint density at radius 1 is 0.970 bits per heavy atom. The van der Waals surface area contributed by atoms with E-state index in [0.29, 0.717) is 18.8 Å². The van der Waals surface area contributed by atoms with E-state index in [1.165, 1.54) is 4.90 Å². The summed E-state index contributed by atoms with van der Waals surface area (Å²) < 4.78 is 13.1. The molecule has 2 aliphatic rings. The second-order valence-electron chi connectivity index (χ2n) is 18.0. The van der Waals surface area contributed by atoms with E-state index in [2.05, 4.69) is 65.2 Å². The maximum Gasteiger partial charge on any atom is 0.246 e. The highest BCUT2D eigenvalue weighted by Gasteiger charge is 2.44. The number of nitrogens with zero attached hydrogens (tertiary/aromatic N) is 8. The fourth-order valence-corrected chi connectivity index (χ4v) is 9.30. The molecule has 4 aromatic heterocycles. The second-order valence-corrected chi connectivity index (χ2v) is 18.9. The van der Waals surface area contributed by atoms with Crippen LogP contribution in [0.4, 0.5) is 11.5 Å². The van der Waals surface area contributed by atoms with Gasteiger partial charge in [0.1, 0.15) is 42.3 Å². The Hall–Kier alpha value is -6.21. The third-order valence-electron chi connectivity index (χ3n) is 12.2. The predicted octanol–water partition coefficient (Wildman–Crippen LogP) is 5.16. The van der Waals surface area contributed by atoms with Gasteiger partial charge in [0.15, 0.2) is 5.65 Å². The number of aromatic nitrogens is 5. The largest absolute Gasteiger partial charge is 0.467 e. The van der Waals surface area contributed by atoms with E-state index in [1.54, 1.807) is 30.1 Å². The third kappa shape index (κ3) is 11.2. The minimum atomic E-state index is -0.921. The summed E-state index contributed by atoms with van der Waals surface area (Å²) in [6, 6.07) is 18.4. The molecule has 6 heterocycles. The number of thiazole rings is 1. The molecule has 4 N–H and O–H groups in total. The number of anilines is 2. The molecule has 0 bridgehead atoms. The van der Waals surface area contributed by atoms with Crippen molar-refractivity contribution in [2.24, 2.45) is 5.41 Å². The summed E-state index contributed by atoms with van der Waals surface area (Å²) in [7, 11) is 0. The first-order chi connectivity index (χ1) is 31.9. The van der Waals surface area contributed by atoms with E-state index in [1.807, 2.05) is 74.0 Å². The van der Waals surface area contributed by atoms with Gasteiger partial charge in [0.25, 0.3) is 0 Å². The van der Waals surface area contributed by atoms with Crippen molar-refractivity contribution < 1.29 is 28.6 Å². The van der Waals surface area contributed by atoms with Crippen LogP contribution < -0.4 is 20.9 Å². The van der Waals surface area contributed by atoms with Gasteiger partial charge < -0.3 is 40.0 Å². The molecular formula is C48H59N11O6S. The van der Waals surface area contributed by atoms with Crippen molar-refractivity contribution in [1.29, 1.82) is 0 Å². The number of fused-ring (bicyclic) bond motifs is 1. The maximum atomic E-state index is 14.0. The number of hydrogen-bond acceptors (Lipinski definition) is 14. The van der Waals surface area contributed by atoms with Gasteiger partial charge in [-0.2, -0.15) is 0 Å². The van der Waals surface area contributed by atoms with E-state index in [4.69, 9.17) is 14.1 Å². The average Bonchev–Trinajstić information content (AvgIpc) is 4.17. The fraction of sp³-hybridized carbons (Fsp3) is 0.438. The van der Waals surface area contributed by atoms with E-state index in [-0.39, 0.29) is 32.0 Å². The molecule has 0 saturated carbocycles. The minimum Gasteiger partial charge on any atom is -0.467 e. The normalized spacial score (nSPS) is 17.3. The molecule has 3 atom stereocenters. The average molecular weight is 918 g/mol. The minimum absolute atomic E-state index is 0.0102. The molecule has 8 rings (SSSR count). The quantitative estimate of drug-likeness (QED) is 0.0828. The zero-order chi connectivity index (χ0) is 46.2. The number of likely N-dealkylation sites (tertiary alicyclic amines) is 1. The molecular weight excluding hydrogens is 859 g/mol. The Balaban J connectivity index is 0.736. The van der Waals surface area contributed by atoms with Crippen LogP contribution in [0.5, 0.6) is 0 Å². The number of aryl methyl sites for hydroxylation is 1. The number of aliphatic hydroxyl groups is 1. The van der Waals surface area contributed by atoms with Gasteiger partial charge in [-0.1, -0.05) is 57.2 Å². The van der Waals surface area contributed by atoms with Gasteiger partial charge in [0.05, 0.1) is 41.2 Å². The summed E-state index contributed by atoms with van der Waals surface area (Å²) in [5, 5.41) is 28.2. The lowest BCUT2D eigenvalue weighted by Crippen LogP contribution is -2.58. The standard InChI is InChI=1S/C48H59N11O6S/c1-32-43(66-31-52-32)35-11-9-33(10-12-35)25-51-46(62)39-24-37(60)28-58(39)47(63)44(48(2,3)4)54-41(61)29-64-22-6-5-17-56-18-20-57(21-19-56)36-15-13-34(14-16-36)42-45-55-53-30-59(45)40(27-50-42)49-26-38-8-7-23-65-38/h7-16,23,27,30-31,37,39,44,49,60H,5-6,17-22,24-26,28-29H2,1-4H3,(H,51,62)(H,54,61)/t37-,39+,44-/m1/s1. The van der Waals surface area contributed by atoms with Gasteiger partial charge in [-0.15, -0.1) is 21.5 Å². The van der Waals surface area contributed by atoms with Gasteiger partial charge in [-0.3, -0.25) is 23.7 Å². The van der Waals surface area contributed by atoms with Gasteiger partial charge in [-0.05, 0) is 67.1 Å². The SMILES string of the molecule is Cc1ncsc1-c1ccc(CNC(=O)[C@@H]2C[C@@H](O)CN2C(=O)[C@@H](NC(=O)COCCCCN2CCN(c3ccc(-c4ncc(NCc5ccco5)n5cnnc45)cc3)CC2)C(C)(C)C)cc1. The van der Waals surface area contributed by atoms with E-state index < -0.39 is 35.4 Å². The smallest absolute Gasteiger partial charge is 0.246 e. The van der Waals surface area contributed by atoms with Crippen LogP contribution in [0.2, 0.25) is 0 Å². The lowest BCUT2D eigenvalue weighted by Gasteiger charge is -2.36. The second kappa shape index (κ2) is 21.0. The number of ether oxygens (including phenoxy) is 1. The molecule has 66 heavy (non-hydrogen) atoms. The number of amides is 3. The highest BCUT2D eigenvalue weighted by molar-refractivity contribution is 7.13. The van der Waals surface area contributed by atoms with Gasteiger partial charge >= 0.3 is 0 Å². The Labute approximate surface area is 388 Å². The van der Waals surface area contributed by atoms with Gasteiger partial charge in [0.2, 0.25) is 17.7 Å². The van der Waals surface area contributed by atoms with Crippen molar-refractivity contribution in [2.75, 3.05) is 62.7 Å². The molecule has 0 aliphatic carbocycles. The lowest BCUT2D eigenvalue weighted by molar-refractivity contribution is -0.144. The van der Waals surface area contributed by atoms with Crippen molar-refractivity contribution in [1.82, 2.24) is 45.0 Å². The van der Waals surface area contributed by atoms with Crippen molar-refractivity contribution in [3.63, 3.8) is 0 Å².